The van der Waals surface area contributed by atoms with E-state index in [1.807, 2.05) is 16.8 Å². The fourth-order valence-electron chi connectivity index (χ4n) is 3.52. The predicted molar refractivity (Wildman–Crippen MR) is 87.9 cm³/mol. The molecule has 0 saturated carbocycles. The van der Waals surface area contributed by atoms with Crippen LogP contribution in [0.2, 0.25) is 0 Å². The highest BCUT2D eigenvalue weighted by Gasteiger charge is 2.34. The molecule has 3 rings (SSSR count). The van der Waals surface area contributed by atoms with Gasteiger partial charge in [-0.25, -0.2) is 4.39 Å². The van der Waals surface area contributed by atoms with Gasteiger partial charge in [0.05, 0.1) is 19.3 Å². The van der Waals surface area contributed by atoms with E-state index in [4.69, 9.17) is 4.74 Å². The largest absolute Gasteiger partial charge is 0.388 e. The molecule has 1 N–H and O–H groups in total. The summed E-state index contributed by atoms with van der Waals surface area (Å²) in [5.74, 6) is -0.0862. The normalized spacial score (nSPS) is 24.8. The van der Waals surface area contributed by atoms with Gasteiger partial charge >= 0.3 is 0 Å². The van der Waals surface area contributed by atoms with Gasteiger partial charge in [-0.15, -0.1) is 0 Å². The molecular formula is C18H25FN2O3. The zero-order valence-corrected chi connectivity index (χ0v) is 14.0. The van der Waals surface area contributed by atoms with Crippen molar-refractivity contribution in [1.29, 1.82) is 0 Å². The number of halogens is 1. The molecule has 6 heteroatoms. The summed E-state index contributed by atoms with van der Waals surface area (Å²) in [7, 11) is 1.95. The molecule has 2 aliphatic heterocycles. The van der Waals surface area contributed by atoms with Crippen molar-refractivity contribution in [2.24, 2.45) is 5.92 Å². The Labute approximate surface area is 142 Å². The Hall–Kier alpha value is -1.50. The lowest BCUT2D eigenvalue weighted by molar-refractivity contribution is -0.144. The lowest BCUT2D eigenvalue weighted by atomic mass is 9.87. The fraction of sp³-hybridized carbons (Fsp3) is 0.611. The number of hydrogen-bond donors (Lipinski definition) is 1. The Bertz CT molecular complexity index is 558. The summed E-state index contributed by atoms with van der Waals surface area (Å²) in [6.45, 7) is 3.19. The average Bonchev–Trinajstić information content (AvgIpc) is 2.62. The molecular weight excluding hydrogens is 311 g/mol. The topological polar surface area (TPSA) is 53.0 Å². The average molecular weight is 336 g/mol. The minimum absolute atomic E-state index is 0.0971. The monoisotopic (exact) mass is 336 g/mol. The Kier molecular flexibility index (Phi) is 5.48. The van der Waals surface area contributed by atoms with Crippen LogP contribution in [0.15, 0.2) is 24.3 Å². The van der Waals surface area contributed by atoms with E-state index in [1.54, 1.807) is 12.1 Å². The van der Waals surface area contributed by atoms with Crippen molar-refractivity contribution in [2.75, 3.05) is 39.9 Å². The number of rotatable bonds is 3. The molecule has 0 aliphatic carbocycles. The molecule has 1 aromatic carbocycles. The summed E-state index contributed by atoms with van der Waals surface area (Å²) in [5.41, 5.74) is 0.738. The van der Waals surface area contributed by atoms with Crippen LogP contribution in [0.3, 0.4) is 0 Å². The van der Waals surface area contributed by atoms with Crippen LogP contribution in [0.5, 0.6) is 0 Å². The third-order valence-corrected chi connectivity index (χ3v) is 5.19. The summed E-state index contributed by atoms with van der Waals surface area (Å²) in [4.78, 5) is 16.6. The Morgan fingerprint density at radius 1 is 1.25 bits per heavy atom. The molecule has 5 nitrogen and oxygen atoms in total. The maximum Gasteiger partial charge on any atom is 0.242 e. The van der Waals surface area contributed by atoms with Gasteiger partial charge in [-0.3, -0.25) is 9.69 Å². The molecule has 2 fully saturated rings. The number of piperidine rings is 1. The van der Waals surface area contributed by atoms with Crippen molar-refractivity contribution in [2.45, 2.75) is 25.0 Å². The number of likely N-dealkylation sites (N-methyl/N-ethyl adjacent to an activating group) is 1. The van der Waals surface area contributed by atoms with Crippen molar-refractivity contribution in [3.8, 4) is 0 Å². The number of aliphatic hydroxyl groups is 1. The summed E-state index contributed by atoms with van der Waals surface area (Å²) >= 11 is 0. The van der Waals surface area contributed by atoms with Gasteiger partial charge in [-0.1, -0.05) is 12.1 Å². The van der Waals surface area contributed by atoms with Crippen molar-refractivity contribution in [1.82, 2.24) is 9.80 Å². The van der Waals surface area contributed by atoms with Crippen LogP contribution >= 0.6 is 0 Å². The van der Waals surface area contributed by atoms with Gasteiger partial charge in [-0.2, -0.15) is 0 Å². The van der Waals surface area contributed by atoms with Crippen LogP contribution in [0.25, 0.3) is 0 Å². The van der Waals surface area contributed by atoms with Gasteiger partial charge in [0.15, 0.2) is 0 Å². The first-order valence-electron chi connectivity index (χ1n) is 8.56. The van der Waals surface area contributed by atoms with Crippen molar-refractivity contribution in [3.05, 3.63) is 35.6 Å². The number of morpholine rings is 1. The lowest BCUT2D eigenvalue weighted by Gasteiger charge is -2.39. The molecule has 0 spiro atoms. The molecule has 24 heavy (non-hydrogen) atoms. The molecule has 0 radical (unpaired) electrons. The molecule has 2 atom stereocenters. The Balaban J connectivity index is 1.55. The van der Waals surface area contributed by atoms with E-state index in [0.29, 0.717) is 26.3 Å². The van der Waals surface area contributed by atoms with Gasteiger partial charge in [0, 0.05) is 19.6 Å². The fourth-order valence-corrected chi connectivity index (χ4v) is 3.52. The molecule has 132 valence electrons. The molecule has 2 saturated heterocycles. The van der Waals surface area contributed by atoms with E-state index < -0.39 is 6.10 Å². The Morgan fingerprint density at radius 2 is 1.92 bits per heavy atom. The number of hydrogen-bond acceptors (Lipinski definition) is 4. The van der Waals surface area contributed by atoms with Crippen LogP contribution in [0.1, 0.15) is 24.5 Å². The molecule has 2 heterocycles. The highest BCUT2D eigenvalue weighted by molar-refractivity contribution is 5.82. The third kappa shape index (κ3) is 3.77. The van der Waals surface area contributed by atoms with E-state index >= 15 is 0 Å². The first kappa shape index (κ1) is 17.3. The van der Waals surface area contributed by atoms with Gasteiger partial charge in [0.25, 0.3) is 0 Å². The van der Waals surface area contributed by atoms with E-state index in [2.05, 4.69) is 0 Å². The number of nitrogens with zero attached hydrogens (tertiary/aromatic N) is 2. The van der Waals surface area contributed by atoms with Crippen LogP contribution in [0.4, 0.5) is 4.39 Å². The smallest absolute Gasteiger partial charge is 0.242 e. The zero-order valence-electron chi connectivity index (χ0n) is 14.0. The van der Waals surface area contributed by atoms with E-state index in [0.717, 1.165) is 24.9 Å². The van der Waals surface area contributed by atoms with E-state index in [-0.39, 0.29) is 23.7 Å². The van der Waals surface area contributed by atoms with Gasteiger partial charge in [-0.05, 0) is 43.5 Å². The number of likely N-dealkylation sites (tertiary alicyclic amines) is 1. The number of ether oxygens (including phenoxy) is 1. The van der Waals surface area contributed by atoms with Crippen molar-refractivity contribution in [3.63, 3.8) is 0 Å². The maximum absolute atomic E-state index is 13.0. The number of benzene rings is 1. The van der Waals surface area contributed by atoms with Crippen LogP contribution in [0, 0.1) is 11.7 Å². The second kappa shape index (κ2) is 7.59. The lowest BCUT2D eigenvalue weighted by Crippen LogP contribution is -2.54. The first-order valence-corrected chi connectivity index (χ1v) is 8.56. The van der Waals surface area contributed by atoms with E-state index in [9.17, 15) is 14.3 Å². The first-order chi connectivity index (χ1) is 11.6. The highest BCUT2D eigenvalue weighted by atomic mass is 19.1. The number of carbonyl (C=O) groups excluding carboxylic acids is 1. The molecule has 2 aliphatic rings. The zero-order chi connectivity index (χ0) is 17.1. The van der Waals surface area contributed by atoms with Gasteiger partial charge in [0.1, 0.15) is 11.9 Å². The number of aliphatic hydroxyl groups excluding tert-OH is 1. The molecule has 1 amide bonds. The third-order valence-electron chi connectivity index (χ3n) is 5.19. The molecule has 1 aromatic rings. The van der Waals surface area contributed by atoms with Gasteiger partial charge in [0.2, 0.25) is 5.91 Å². The molecule has 0 bridgehead atoms. The van der Waals surface area contributed by atoms with Crippen LogP contribution < -0.4 is 0 Å². The maximum atomic E-state index is 13.0. The number of amides is 1. The van der Waals surface area contributed by atoms with Crippen molar-refractivity contribution < 1.29 is 19.0 Å². The SMILES string of the molecule is CN1CCOC[C@@H]1C(=O)N1CCC([C@@H](O)c2ccc(F)cc2)CC1. The quantitative estimate of drug-likeness (QED) is 0.907. The summed E-state index contributed by atoms with van der Waals surface area (Å²) < 4.78 is 18.4. The van der Waals surface area contributed by atoms with Gasteiger partial charge < -0.3 is 14.7 Å². The second-order valence-corrected chi connectivity index (χ2v) is 6.73. The summed E-state index contributed by atoms with van der Waals surface area (Å²) in [6, 6.07) is 5.81. The predicted octanol–water partition coefficient (Wildman–Crippen LogP) is 1.43. The molecule has 0 unspecified atom stereocenters. The molecule has 0 aromatic heterocycles. The van der Waals surface area contributed by atoms with Crippen LogP contribution in [-0.2, 0) is 9.53 Å². The minimum Gasteiger partial charge on any atom is -0.388 e. The number of carbonyl (C=O) groups is 1. The minimum atomic E-state index is -0.608. The second-order valence-electron chi connectivity index (χ2n) is 6.73. The van der Waals surface area contributed by atoms with Crippen molar-refractivity contribution >= 4 is 5.91 Å². The summed E-state index contributed by atoms with van der Waals surface area (Å²) in [5, 5.41) is 10.5. The highest BCUT2D eigenvalue weighted by Crippen LogP contribution is 2.31. The standard InChI is InChI=1S/C18H25FN2O3/c1-20-10-11-24-12-16(20)18(23)21-8-6-14(7-9-21)17(22)13-2-4-15(19)5-3-13/h2-5,14,16-17,22H,6-12H2,1H3/t16-,17+/m1/s1. The summed E-state index contributed by atoms with van der Waals surface area (Å²) in [6.07, 6.45) is 0.895. The van der Waals surface area contributed by atoms with E-state index in [1.165, 1.54) is 12.1 Å². The van der Waals surface area contributed by atoms with Crippen LogP contribution in [-0.4, -0.2) is 66.8 Å². The Morgan fingerprint density at radius 3 is 2.54 bits per heavy atom.